The maximum atomic E-state index is 5.21. The molecule has 0 saturated heterocycles. The average molecular weight is 281 g/mol. The molecular weight excluding hydrogens is 266 g/mol. The zero-order valence-electron chi connectivity index (χ0n) is 11.8. The van der Waals surface area contributed by atoms with Crippen molar-refractivity contribution in [2.45, 2.75) is 19.8 Å². The number of benzene rings is 1. The van der Waals surface area contributed by atoms with Crippen LogP contribution in [0.4, 0.5) is 11.6 Å². The van der Waals surface area contributed by atoms with Crippen LogP contribution in [0.2, 0.25) is 0 Å². The van der Waals surface area contributed by atoms with Crippen LogP contribution in [-0.2, 0) is 0 Å². The van der Waals surface area contributed by atoms with Gasteiger partial charge in [-0.15, -0.1) is 0 Å². The Morgan fingerprint density at radius 1 is 1.05 bits per heavy atom. The number of aromatic nitrogens is 4. The number of nitrogens with one attached hydrogen (secondary N) is 1. The summed E-state index contributed by atoms with van der Waals surface area (Å²) in [4.78, 5) is 12.8. The molecule has 2 heterocycles. The summed E-state index contributed by atoms with van der Waals surface area (Å²) in [6.45, 7) is 4.02. The number of hydrogen-bond acceptors (Lipinski definition) is 6. The molecule has 0 saturated carbocycles. The van der Waals surface area contributed by atoms with Crippen LogP contribution in [0.1, 0.15) is 25.6 Å². The summed E-state index contributed by atoms with van der Waals surface area (Å²) in [5.41, 5.74) is 1.64. The predicted octanol–water partition coefficient (Wildman–Crippen LogP) is 3.39. The first-order valence-corrected chi connectivity index (χ1v) is 6.70. The highest BCUT2D eigenvalue weighted by Gasteiger charge is 2.12. The van der Waals surface area contributed by atoms with E-state index in [-0.39, 0.29) is 5.92 Å². The van der Waals surface area contributed by atoms with Crippen molar-refractivity contribution >= 4 is 11.6 Å². The van der Waals surface area contributed by atoms with Crippen LogP contribution in [-0.4, -0.2) is 20.1 Å². The van der Waals surface area contributed by atoms with Crippen LogP contribution in [0, 0.1) is 0 Å². The van der Waals surface area contributed by atoms with Crippen LogP contribution in [0.3, 0.4) is 0 Å². The quantitative estimate of drug-likeness (QED) is 0.789. The minimum absolute atomic E-state index is 0.224. The molecule has 106 valence electrons. The van der Waals surface area contributed by atoms with Crippen LogP contribution >= 0.6 is 0 Å². The molecule has 1 aromatic carbocycles. The van der Waals surface area contributed by atoms with Gasteiger partial charge in [0.05, 0.1) is 5.56 Å². The molecule has 3 aromatic rings. The Morgan fingerprint density at radius 2 is 1.76 bits per heavy atom. The molecule has 0 radical (unpaired) electrons. The first-order chi connectivity index (χ1) is 10.2. The smallest absolute Gasteiger partial charge is 0.261 e. The van der Waals surface area contributed by atoms with E-state index in [1.807, 2.05) is 44.2 Å². The predicted molar refractivity (Wildman–Crippen MR) is 79.1 cm³/mol. The second kappa shape index (κ2) is 5.70. The SMILES string of the molecule is CC(C)c1noc(-c2cnc(Nc3ccccc3)nc2)n1. The minimum atomic E-state index is 0.224. The highest BCUT2D eigenvalue weighted by atomic mass is 16.5. The number of rotatable bonds is 4. The first kappa shape index (κ1) is 13.2. The highest BCUT2D eigenvalue weighted by molar-refractivity contribution is 5.55. The summed E-state index contributed by atoms with van der Waals surface area (Å²) in [7, 11) is 0. The van der Waals surface area contributed by atoms with Gasteiger partial charge in [-0.25, -0.2) is 9.97 Å². The Bertz CT molecular complexity index is 706. The van der Waals surface area contributed by atoms with Crippen molar-refractivity contribution in [3.63, 3.8) is 0 Å². The van der Waals surface area contributed by atoms with Crippen molar-refractivity contribution in [2.75, 3.05) is 5.32 Å². The van der Waals surface area contributed by atoms with Gasteiger partial charge < -0.3 is 9.84 Å². The monoisotopic (exact) mass is 281 g/mol. The third kappa shape index (κ3) is 3.05. The van der Waals surface area contributed by atoms with Gasteiger partial charge in [-0.1, -0.05) is 37.2 Å². The molecule has 1 N–H and O–H groups in total. The molecule has 0 aliphatic carbocycles. The first-order valence-electron chi connectivity index (χ1n) is 6.70. The topological polar surface area (TPSA) is 76.7 Å². The lowest BCUT2D eigenvalue weighted by molar-refractivity contribution is 0.419. The third-order valence-corrected chi connectivity index (χ3v) is 2.89. The van der Waals surface area contributed by atoms with Crippen molar-refractivity contribution in [1.29, 1.82) is 0 Å². The summed E-state index contributed by atoms with van der Waals surface area (Å²) in [6.07, 6.45) is 3.33. The van der Waals surface area contributed by atoms with Gasteiger partial charge in [0.1, 0.15) is 0 Å². The van der Waals surface area contributed by atoms with Crippen molar-refractivity contribution in [2.24, 2.45) is 0 Å². The molecule has 0 aliphatic heterocycles. The Hall–Kier alpha value is -2.76. The lowest BCUT2D eigenvalue weighted by Gasteiger charge is -2.03. The summed E-state index contributed by atoms with van der Waals surface area (Å²) < 4.78 is 5.21. The fourth-order valence-corrected chi connectivity index (χ4v) is 1.74. The fourth-order valence-electron chi connectivity index (χ4n) is 1.74. The van der Waals surface area contributed by atoms with E-state index in [1.165, 1.54) is 0 Å². The Balaban J connectivity index is 1.77. The lowest BCUT2D eigenvalue weighted by atomic mass is 10.2. The van der Waals surface area contributed by atoms with Crippen molar-refractivity contribution < 1.29 is 4.52 Å². The van der Waals surface area contributed by atoms with Gasteiger partial charge in [-0.05, 0) is 12.1 Å². The zero-order chi connectivity index (χ0) is 14.7. The van der Waals surface area contributed by atoms with E-state index in [9.17, 15) is 0 Å². The van der Waals surface area contributed by atoms with E-state index in [2.05, 4.69) is 25.4 Å². The van der Waals surface area contributed by atoms with Crippen LogP contribution < -0.4 is 5.32 Å². The molecule has 0 fully saturated rings. The number of nitrogens with zero attached hydrogens (tertiary/aromatic N) is 4. The number of para-hydroxylation sites is 1. The number of hydrogen-bond donors (Lipinski definition) is 1. The van der Waals surface area contributed by atoms with E-state index in [0.29, 0.717) is 23.2 Å². The van der Waals surface area contributed by atoms with Crippen LogP contribution in [0.15, 0.2) is 47.2 Å². The summed E-state index contributed by atoms with van der Waals surface area (Å²) in [5, 5.41) is 7.04. The third-order valence-electron chi connectivity index (χ3n) is 2.89. The van der Waals surface area contributed by atoms with Crippen molar-refractivity contribution in [3.8, 4) is 11.5 Å². The van der Waals surface area contributed by atoms with Gasteiger partial charge in [-0.2, -0.15) is 4.98 Å². The molecule has 6 heteroatoms. The van der Waals surface area contributed by atoms with E-state index < -0.39 is 0 Å². The second-order valence-corrected chi connectivity index (χ2v) is 4.90. The van der Waals surface area contributed by atoms with Crippen LogP contribution in [0.25, 0.3) is 11.5 Å². The zero-order valence-corrected chi connectivity index (χ0v) is 11.8. The van der Waals surface area contributed by atoms with Gasteiger partial charge in [0, 0.05) is 24.0 Å². The average Bonchev–Trinajstić information content (AvgIpc) is 2.99. The van der Waals surface area contributed by atoms with E-state index in [1.54, 1.807) is 12.4 Å². The Morgan fingerprint density at radius 3 is 2.38 bits per heavy atom. The molecule has 0 spiro atoms. The molecule has 0 atom stereocenters. The maximum Gasteiger partial charge on any atom is 0.261 e. The second-order valence-electron chi connectivity index (χ2n) is 4.90. The normalized spacial score (nSPS) is 10.8. The molecule has 0 unspecified atom stereocenters. The van der Waals surface area contributed by atoms with Crippen molar-refractivity contribution in [1.82, 2.24) is 20.1 Å². The van der Waals surface area contributed by atoms with Gasteiger partial charge in [-0.3, -0.25) is 0 Å². The Labute approximate surface area is 122 Å². The standard InChI is InChI=1S/C15H15N5O/c1-10(2)13-19-14(21-20-13)11-8-16-15(17-9-11)18-12-6-4-3-5-7-12/h3-10H,1-2H3,(H,16,17,18). The largest absolute Gasteiger partial charge is 0.334 e. The number of anilines is 2. The van der Waals surface area contributed by atoms with Crippen molar-refractivity contribution in [3.05, 3.63) is 48.5 Å². The molecular formula is C15H15N5O. The molecule has 2 aromatic heterocycles. The van der Waals surface area contributed by atoms with Gasteiger partial charge in [0.15, 0.2) is 5.82 Å². The van der Waals surface area contributed by atoms with Crippen LogP contribution in [0.5, 0.6) is 0 Å². The highest BCUT2D eigenvalue weighted by Crippen LogP contribution is 2.19. The molecule has 21 heavy (non-hydrogen) atoms. The molecule has 0 bridgehead atoms. The van der Waals surface area contributed by atoms with Gasteiger partial charge >= 0.3 is 0 Å². The van der Waals surface area contributed by atoms with Gasteiger partial charge in [0.2, 0.25) is 5.95 Å². The molecule has 0 amide bonds. The molecule has 0 aliphatic rings. The molecule has 6 nitrogen and oxygen atoms in total. The summed E-state index contributed by atoms with van der Waals surface area (Å²) in [6, 6.07) is 9.75. The molecule has 3 rings (SSSR count). The van der Waals surface area contributed by atoms with E-state index >= 15 is 0 Å². The summed E-state index contributed by atoms with van der Waals surface area (Å²) in [5.74, 6) is 1.86. The lowest BCUT2D eigenvalue weighted by Crippen LogP contribution is -1.96. The maximum absolute atomic E-state index is 5.21. The van der Waals surface area contributed by atoms with E-state index in [0.717, 1.165) is 5.69 Å². The minimum Gasteiger partial charge on any atom is -0.334 e. The van der Waals surface area contributed by atoms with Gasteiger partial charge in [0.25, 0.3) is 5.89 Å². The summed E-state index contributed by atoms with van der Waals surface area (Å²) >= 11 is 0. The Kier molecular flexibility index (Phi) is 3.59. The van der Waals surface area contributed by atoms with E-state index in [4.69, 9.17) is 4.52 Å². The fraction of sp³-hybridized carbons (Fsp3) is 0.200.